The van der Waals surface area contributed by atoms with Gasteiger partial charge in [-0.25, -0.2) is 15.0 Å². The number of nitrogens with zero attached hydrogens (tertiary/aromatic N) is 4. The van der Waals surface area contributed by atoms with Gasteiger partial charge in [-0.15, -0.1) is 0 Å². The van der Waals surface area contributed by atoms with Gasteiger partial charge in [0.15, 0.2) is 11.3 Å². The molecular weight excluding hydrogens is 273 g/mol. The van der Waals surface area contributed by atoms with Crippen LogP contribution in [0.2, 0.25) is 0 Å². The zero-order valence-corrected chi connectivity index (χ0v) is 9.81. The number of rotatable bonds is 1. The fraction of sp³-hybridized carbons (Fsp3) is 0.0909. The van der Waals surface area contributed by atoms with Crippen LogP contribution in [0, 0.1) is 0 Å². The monoisotopic (exact) mass is 280 g/mol. The summed E-state index contributed by atoms with van der Waals surface area (Å²) in [7, 11) is 0. The molecule has 0 fully saturated rings. The number of hydrogen-bond acceptors (Lipinski definition) is 5. The first-order chi connectivity index (χ1) is 9.45. The van der Waals surface area contributed by atoms with E-state index >= 15 is 0 Å². The molecule has 3 aromatic heterocycles. The van der Waals surface area contributed by atoms with Crippen LogP contribution in [0.3, 0.4) is 0 Å². The van der Waals surface area contributed by atoms with Crippen LogP contribution in [0.15, 0.2) is 24.7 Å². The number of nitrogens with two attached hydrogens (primary N) is 1. The highest BCUT2D eigenvalue weighted by Gasteiger charge is 2.36. The fourth-order valence-electron chi connectivity index (χ4n) is 1.81. The molecule has 0 bridgehead atoms. The van der Waals surface area contributed by atoms with E-state index in [0.717, 1.165) is 6.20 Å². The second-order valence-electron chi connectivity index (χ2n) is 4.02. The summed E-state index contributed by atoms with van der Waals surface area (Å²) < 4.78 is 38.9. The van der Waals surface area contributed by atoms with E-state index in [4.69, 9.17) is 5.73 Å². The molecular formula is C11H7F3N6. The highest BCUT2D eigenvalue weighted by Crippen LogP contribution is 2.35. The minimum absolute atomic E-state index is 0.178. The van der Waals surface area contributed by atoms with E-state index in [1.165, 1.54) is 18.5 Å². The van der Waals surface area contributed by atoms with Gasteiger partial charge in [0.1, 0.15) is 0 Å². The summed E-state index contributed by atoms with van der Waals surface area (Å²) in [5, 5.41) is 6.97. The van der Waals surface area contributed by atoms with E-state index in [2.05, 4.69) is 25.1 Å². The van der Waals surface area contributed by atoms with E-state index < -0.39 is 17.8 Å². The Kier molecular flexibility index (Phi) is 2.56. The molecule has 102 valence electrons. The molecule has 6 nitrogen and oxygen atoms in total. The Morgan fingerprint density at radius 1 is 1.10 bits per heavy atom. The number of aromatic amines is 1. The van der Waals surface area contributed by atoms with Crippen molar-refractivity contribution in [2.75, 3.05) is 5.73 Å². The first kappa shape index (κ1) is 12.3. The van der Waals surface area contributed by atoms with Crippen LogP contribution < -0.4 is 5.73 Å². The molecule has 3 rings (SSSR count). The van der Waals surface area contributed by atoms with E-state index in [1.807, 2.05) is 0 Å². The van der Waals surface area contributed by atoms with E-state index in [1.54, 1.807) is 0 Å². The van der Waals surface area contributed by atoms with Gasteiger partial charge in [0.2, 0.25) is 5.95 Å². The predicted molar refractivity (Wildman–Crippen MR) is 64.3 cm³/mol. The molecule has 20 heavy (non-hydrogen) atoms. The van der Waals surface area contributed by atoms with Crippen molar-refractivity contribution >= 4 is 17.0 Å². The molecule has 0 radical (unpaired) electrons. The standard InChI is InChI=1S/C11H7F3N6/c12-11(13,14)8-7(4-17-10(15)19-8)5-1-6-3-18-20-9(6)16-2-5/h1-4H,(H2,15,17,19)(H,16,18,20). The smallest absolute Gasteiger partial charge is 0.368 e. The van der Waals surface area contributed by atoms with Crippen molar-refractivity contribution in [2.45, 2.75) is 6.18 Å². The Morgan fingerprint density at radius 3 is 2.65 bits per heavy atom. The minimum atomic E-state index is -4.63. The number of aromatic nitrogens is 5. The number of hydrogen-bond donors (Lipinski definition) is 2. The largest absolute Gasteiger partial charge is 0.434 e. The summed E-state index contributed by atoms with van der Waals surface area (Å²) in [5.41, 5.74) is 4.68. The van der Waals surface area contributed by atoms with Crippen molar-refractivity contribution in [3.05, 3.63) is 30.4 Å². The quantitative estimate of drug-likeness (QED) is 0.711. The van der Waals surface area contributed by atoms with Gasteiger partial charge in [-0.2, -0.15) is 18.3 Å². The lowest BCUT2D eigenvalue weighted by Gasteiger charge is -2.11. The van der Waals surface area contributed by atoms with Crippen molar-refractivity contribution in [3.8, 4) is 11.1 Å². The number of alkyl halides is 3. The van der Waals surface area contributed by atoms with E-state index in [-0.39, 0.29) is 11.1 Å². The Labute approximate surface area is 109 Å². The average molecular weight is 280 g/mol. The Morgan fingerprint density at radius 2 is 1.90 bits per heavy atom. The molecule has 9 heteroatoms. The van der Waals surface area contributed by atoms with Crippen molar-refractivity contribution in [1.29, 1.82) is 0 Å². The summed E-state index contributed by atoms with van der Waals surface area (Å²) in [5.74, 6) is -0.432. The van der Waals surface area contributed by atoms with Crippen molar-refractivity contribution in [1.82, 2.24) is 25.1 Å². The lowest BCUT2D eigenvalue weighted by atomic mass is 10.1. The van der Waals surface area contributed by atoms with Gasteiger partial charge in [-0.1, -0.05) is 0 Å². The molecule has 0 unspecified atom stereocenters. The second kappa shape index (κ2) is 4.15. The Bertz CT molecular complexity index is 779. The third kappa shape index (κ3) is 2.02. The lowest BCUT2D eigenvalue weighted by molar-refractivity contribution is -0.140. The molecule has 0 aliphatic heterocycles. The maximum atomic E-state index is 13.0. The van der Waals surface area contributed by atoms with Crippen LogP contribution in [-0.4, -0.2) is 25.1 Å². The Balaban J connectivity index is 2.22. The molecule has 0 amide bonds. The van der Waals surface area contributed by atoms with Crippen LogP contribution >= 0.6 is 0 Å². The lowest BCUT2D eigenvalue weighted by Crippen LogP contribution is -2.12. The van der Waals surface area contributed by atoms with Crippen molar-refractivity contribution < 1.29 is 13.2 Å². The maximum Gasteiger partial charge on any atom is 0.434 e. The average Bonchev–Trinajstić information content (AvgIpc) is 2.84. The molecule has 0 atom stereocenters. The maximum absolute atomic E-state index is 13.0. The number of nitrogens with one attached hydrogen (secondary N) is 1. The normalized spacial score (nSPS) is 11.9. The van der Waals surface area contributed by atoms with Gasteiger partial charge >= 0.3 is 6.18 Å². The second-order valence-corrected chi connectivity index (χ2v) is 4.02. The molecule has 3 aromatic rings. The zero-order valence-electron chi connectivity index (χ0n) is 9.81. The number of fused-ring (bicyclic) bond motifs is 1. The predicted octanol–water partition coefficient (Wildman–Crippen LogP) is 2.02. The topological polar surface area (TPSA) is 93.4 Å². The molecule has 3 N–H and O–H groups in total. The van der Waals surface area contributed by atoms with E-state index in [0.29, 0.717) is 11.0 Å². The van der Waals surface area contributed by atoms with Crippen molar-refractivity contribution in [2.24, 2.45) is 0 Å². The molecule has 0 aliphatic rings. The summed E-state index contributed by atoms with van der Waals surface area (Å²) in [4.78, 5) is 10.9. The molecule has 0 aromatic carbocycles. The van der Waals surface area contributed by atoms with Gasteiger partial charge in [-0.05, 0) is 6.07 Å². The summed E-state index contributed by atoms with van der Waals surface area (Å²) >= 11 is 0. The van der Waals surface area contributed by atoms with Crippen molar-refractivity contribution in [3.63, 3.8) is 0 Å². The van der Waals surface area contributed by atoms with Gasteiger partial charge < -0.3 is 5.73 Å². The molecule has 0 spiro atoms. The summed E-state index contributed by atoms with van der Waals surface area (Å²) in [6.07, 6.45) is -0.826. The van der Waals surface area contributed by atoms with Gasteiger partial charge in [0.25, 0.3) is 0 Å². The van der Waals surface area contributed by atoms with Crippen LogP contribution in [0.5, 0.6) is 0 Å². The van der Waals surface area contributed by atoms with Gasteiger partial charge in [0.05, 0.1) is 6.20 Å². The highest BCUT2D eigenvalue weighted by molar-refractivity contribution is 5.80. The molecule has 0 saturated heterocycles. The molecule has 3 heterocycles. The van der Waals surface area contributed by atoms with Crippen LogP contribution in [0.25, 0.3) is 22.2 Å². The first-order valence-electron chi connectivity index (χ1n) is 5.44. The zero-order chi connectivity index (χ0) is 14.3. The molecule has 0 saturated carbocycles. The highest BCUT2D eigenvalue weighted by atomic mass is 19.4. The molecule has 0 aliphatic carbocycles. The van der Waals surface area contributed by atoms with Gasteiger partial charge in [-0.3, -0.25) is 5.10 Å². The first-order valence-corrected chi connectivity index (χ1v) is 5.44. The number of H-pyrrole nitrogens is 1. The van der Waals surface area contributed by atoms with Crippen LogP contribution in [0.4, 0.5) is 19.1 Å². The minimum Gasteiger partial charge on any atom is -0.368 e. The number of nitrogen functional groups attached to an aromatic ring is 1. The number of anilines is 1. The fourth-order valence-corrected chi connectivity index (χ4v) is 1.81. The van der Waals surface area contributed by atoms with Crippen LogP contribution in [0.1, 0.15) is 5.69 Å². The third-order valence-electron chi connectivity index (χ3n) is 2.68. The Hall–Kier alpha value is -2.71. The number of halogens is 3. The van der Waals surface area contributed by atoms with Gasteiger partial charge in [0, 0.05) is 28.9 Å². The summed E-state index contributed by atoms with van der Waals surface area (Å²) in [6, 6.07) is 1.52. The summed E-state index contributed by atoms with van der Waals surface area (Å²) in [6.45, 7) is 0. The van der Waals surface area contributed by atoms with Crippen LogP contribution in [-0.2, 0) is 6.18 Å². The SMILES string of the molecule is Nc1ncc(-c2cnc3[nH]ncc3c2)c(C(F)(F)F)n1. The number of pyridine rings is 1. The van der Waals surface area contributed by atoms with E-state index in [9.17, 15) is 13.2 Å². The third-order valence-corrected chi connectivity index (χ3v) is 2.68.